The maximum atomic E-state index is 12.4. The van der Waals surface area contributed by atoms with Gasteiger partial charge in [0, 0.05) is 12.1 Å². The molecule has 1 aliphatic rings. The zero-order chi connectivity index (χ0) is 16.4. The van der Waals surface area contributed by atoms with Crippen molar-refractivity contribution in [3.63, 3.8) is 0 Å². The quantitative estimate of drug-likeness (QED) is 0.893. The Morgan fingerprint density at radius 1 is 1.35 bits per heavy atom. The highest BCUT2D eigenvalue weighted by Gasteiger charge is 2.21. The normalized spacial score (nSPS) is 14.2. The number of hydrogen-bond donors (Lipinski definition) is 1. The number of carbonyl (C=O) groups excluding carboxylic acids is 1. The van der Waals surface area contributed by atoms with Gasteiger partial charge in [-0.15, -0.1) is 0 Å². The number of amides is 1. The molecule has 1 aliphatic carbocycles. The van der Waals surface area contributed by atoms with Crippen LogP contribution in [0, 0.1) is 0 Å². The van der Waals surface area contributed by atoms with E-state index in [2.05, 4.69) is 20.4 Å². The summed E-state index contributed by atoms with van der Waals surface area (Å²) in [6.07, 6.45) is 4.00. The predicted octanol–water partition coefficient (Wildman–Crippen LogP) is 0.730. The summed E-state index contributed by atoms with van der Waals surface area (Å²) in [6.45, 7) is 1.63. The van der Waals surface area contributed by atoms with E-state index < -0.39 is 6.04 Å². The summed E-state index contributed by atoms with van der Waals surface area (Å²) in [5, 5.41) is 6.98. The van der Waals surface area contributed by atoms with Crippen molar-refractivity contribution < 1.29 is 9.53 Å². The van der Waals surface area contributed by atoms with Gasteiger partial charge in [0.25, 0.3) is 5.56 Å². The monoisotopic (exact) mass is 315 g/mol. The molecule has 2 aromatic heterocycles. The number of fused-ring (bicyclic) bond motifs is 1. The van der Waals surface area contributed by atoms with Gasteiger partial charge in [0.15, 0.2) is 0 Å². The minimum atomic E-state index is -0.741. The van der Waals surface area contributed by atoms with Crippen molar-refractivity contribution >= 4 is 11.7 Å². The molecule has 0 saturated carbocycles. The fourth-order valence-electron chi connectivity index (χ4n) is 2.55. The number of anilines is 1. The van der Waals surface area contributed by atoms with E-state index in [1.54, 1.807) is 13.0 Å². The highest BCUT2D eigenvalue weighted by molar-refractivity contribution is 5.92. The van der Waals surface area contributed by atoms with Crippen LogP contribution in [0.15, 0.2) is 23.3 Å². The molecule has 0 aromatic carbocycles. The van der Waals surface area contributed by atoms with Crippen molar-refractivity contribution in [1.29, 1.82) is 0 Å². The molecular weight excluding hydrogens is 298 g/mol. The Hall–Kier alpha value is -2.77. The van der Waals surface area contributed by atoms with E-state index in [1.807, 2.05) is 0 Å². The van der Waals surface area contributed by atoms with Gasteiger partial charge in [0.2, 0.25) is 11.8 Å². The molecule has 0 radical (unpaired) electrons. The van der Waals surface area contributed by atoms with Gasteiger partial charge in [0.1, 0.15) is 18.2 Å². The van der Waals surface area contributed by atoms with Crippen LogP contribution in [0.4, 0.5) is 5.82 Å². The zero-order valence-electron chi connectivity index (χ0n) is 12.9. The SMILES string of the molecule is COc1cc(NC(=O)C(C)n2nc3c(cc2=O)CCC3)ncn1. The summed E-state index contributed by atoms with van der Waals surface area (Å²) in [5.74, 6) is 0.275. The highest BCUT2D eigenvalue weighted by atomic mass is 16.5. The molecule has 8 heteroatoms. The number of hydrogen-bond acceptors (Lipinski definition) is 6. The van der Waals surface area contributed by atoms with Crippen LogP contribution < -0.4 is 15.6 Å². The number of aryl methyl sites for hydroxylation is 2. The Morgan fingerprint density at radius 3 is 2.96 bits per heavy atom. The van der Waals surface area contributed by atoms with E-state index in [0.717, 1.165) is 30.5 Å². The third kappa shape index (κ3) is 3.05. The molecule has 120 valence electrons. The van der Waals surface area contributed by atoms with Gasteiger partial charge in [-0.3, -0.25) is 9.59 Å². The van der Waals surface area contributed by atoms with Gasteiger partial charge < -0.3 is 10.1 Å². The third-order valence-electron chi connectivity index (χ3n) is 3.83. The summed E-state index contributed by atoms with van der Waals surface area (Å²) in [7, 11) is 1.48. The summed E-state index contributed by atoms with van der Waals surface area (Å²) >= 11 is 0. The molecule has 0 aliphatic heterocycles. The highest BCUT2D eigenvalue weighted by Crippen LogP contribution is 2.18. The molecule has 8 nitrogen and oxygen atoms in total. The Kier molecular flexibility index (Phi) is 4.05. The molecule has 0 fully saturated rings. The van der Waals surface area contributed by atoms with Gasteiger partial charge in [-0.2, -0.15) is 5.10 Å². The lowest BCUT2D eigenvalue weighted by molar-refractivity contribution is -0.119. The number of nitrogens with zero attached hydrogens (tertiary/aromatic N) is 4. The molecule has 1 atom stereocenters. The second kappa shape index (κ2) is 6.15. The van der Waals surface area contributed by atoms with Crippen molar-refractivity contribution in [2.75, 3.05) is 12.4 Å². The first kappa shape index (κ1) is 15.1. The van der Waals surface area contributed by atoms with E-state index in [-0.39, 0.29) is 11.5 Å². The molecular formula is C15H17N5O3. The van der Waals surface area contributed by atoms with E-state index >= 15 is 0 Å². The molecule has 2 aromatic rings. The van der Waals surface area contributed by atoms with E-state index in [9.17, 15) is 9.59 Å². The molecule has 23 heavy (non-hydrogen) atoms. The second-order valence-electron chi connectivity index (χ2n) is 5.36. The van der Waals surface area contributed by atoms with Crippen LogP contribution in [-0.4, -0.2) is 32.8 Å². The average molecular weight is 315 g/mol. The molecule has 0 bridgehead atoms. The first-order valence-corrected chi connectivity index (χ1v) is 7.37. The van der Waals surface area contributed by atoms with Crippen molar-refractivity contribution in [2.24, 2.45) is 0 Å². The van der Waals surface area contributed by atoms with Crippen molar-refractivity contribution in [3.05, 3.63) is 40.1 Å². The van der Waals surface area contributed by atoms with Crippen LogP contribution in [0.5, 0.6) is 5.88 Å². The number of methoxy groups -OCH3 is 1. The Labute approximate surface area is 132 Å². The van der Waals surface area contributed by atoms with Crippen LogP contribution in [0.1, 0.15) is 30.6 Å². The number of carbonyl (C=O) groups is 1. The lowest BCUT2D eigenvalue weighted by Crippen LogP contribution is -2.34. The van der Waals surface area contributed by atoms with Gasteiger partial charge in [0.05, 0.1) is 12.8 Å². The number of ether oxygens (including phenoxy) is 1. The second-order valence-corrected chi connectivity index (χ2v) is 5.36. The van der Waals surface area contributed by atoms with E-state index in [0.29, 0.717) is 11.7 Å². The smallest absolute Gasteiger partial charge is 0.267 e. The van der Waals surface area contributed by atoms with Crippen molar-refractivity contribution in [3.8, 4) is 5.88 Å². The lowest BCUT2D eigenvalue weighted by atomic mass is 10.2. The van der Waals surface area contributed by atoms with Crippen molar-refractivity contribution in [1.82, 2.24) is 19.7 Å². The van der Waals surface area contributed by atoms with Crippen LogP contribution in [0.25, 0.3) is 0 Å². The molecule has 0 saturated heterocycles. The summed E-state index contributed by atoms with van der Waals surface area (Å²) in [6, 6.07) is 2.34. The Bertz CT molecular complexity index is 802. The number of rotatable bonds is 4. The Balaban J connectivity index is 1.81. The van der Waals surface area contributed by atoms with E-state index in [1.165, 1.54) is 24.2 Å². The summed E-state index contributed by atoms with van der Waals surface area (Å²) < 4.78 is 6.20. The maximum absolute atomic E-state index is 12.4. The van der Waals surface area contributed by atoms with Gasteiger partial charge in [-0.05, 0) is 31.7 Å². The van der Waals surface area contributed by atoms with Gasteiger partial charge in [-0.1, -0.05) is 0 Å². The topological polar surface area (TPSA) is 99.0 Å². The zero-order valence-corrected chi connectivity index (χ0v) is 12.9. The molecule has 2 heterocycles. The Morgan fingerprint density at radius 2 is 2.17 bits per heavy atom. The van der Waals surface area contributed by atoms with Gasteiger partial charge >= 0.3 is 0 Å². The maximum Gasteiger partial charge on any atom is 0.267 e. The van der Waals surface area contributed by atoms with Crippen molar-refractivity contribution in [2.45, 2.75) is 32.2 Å². The minimum Gasteiger partial charge on any atom is -0.481 e. The first-order valence-electron chi connectivity index (χ1n) is 7.37. The molecule has 1 unspecified atom stereocenters. The predicted molar refractivity (Wildman–Crippen MR) is 82.4 cm³/mol. The molecule has 3 rings (SSSR count). The third-order valence-corrected chi connectivity index (χ3v) is 3.83. The van der Waals surface area contributed by atoms with Crippen LogP contribution in [0.2, 0.25) is 0 Å². The first-order chi connectivity index (χ1) is 11.1. The van der Waals surface area contributed by atoms with Gasteiger partial charge in [-0.25, -0.2) is 14.6 Å². The number of nitrogens with one attached hydrogen (secondary N) is 1. The summed E-state index contributed by atoms with van der Waals surface area (Å²) in [5.41, 5.74) is 1.61. The van der Waals surface area contributed by atoms with Crippen LogP contribution in [-0.2, 0) is 17.6 Å². The lowest BCUT2D eigenvalue weighted by Gasteiger charge is -2.14. The van der Waals surface area contributed by atoms with Crippen LogP contribution >= 0.6 is 0 Å². The molecule has 1 amide bonds. The minimum absolute atomic E-state index is 0.270. The fraction of sp³-hybridized carbons (Fsp3) is 0.400. The molecule has 1 N–H and O–H groups in total. The van der Waals surface area contributed by atoms with Crippen LogP contribution in [0.3, 0.4) is 0 Å². The summed E-state index contributed by atoms with van der Waals surface area (Å²) in [4.78, 5) is 32.3. The number of aromatic nitrogens is 4. The standard InChI is InChI=1S/C15H17N5O3/c1-9(15(22)18-12-7-13(23-2)17-8-16-12)20-14(21)6-10-4-3-5-11(10)19-20/h6-9H,3-5H2,1-2H3,(H,16,17,18,22). The molecule has 0 spiro atoms. The van der Waals surface area contributed by atoms with E-state index in [4.69, 9.17) is 4.74 Å². The average Bonchev–Trinajstić information content (AvgIpc) is 3.00. The largest absolute Gasteiger partial charge is 0.481 e. The fourth-order valence-corrected chi connectivity index (χ4v) is 2.55.